The molecule has 0 aliphatic carbocycles. The lowest BCUT2D eigenvalue weighted by Crippen LogP contribution is -2.56. The second kappa shape index (κ2) is 4.11. The standard InChI is InChI=1S/C8H18N4O/c1-5-8(2,6(9)10)11-7(13)12(3)4/h5H2,1-4H3,(H3,9,10)(H,11,13). The van der Waals surface area contributed by atoms with Gasteiger partial charge in [0.25, 0.3) is 0 Å². The molecule has 0 fully saturated rings. The topological polar surface area (TPSA) is 82.2 Å². The summed E-state index contributed by atoms with van der Waals surface area (Å²) in [6, 6.07) is -0.237. The second-order valence-electron chi connectivity index (χ2n) is 3.42. The molecular weight excluding hydrogens is 168 g/mol. The number of nitrogens with two attached hydrogens (primary N) is 1. The van der Waals surface area contributed by atoms with Gasteiger partial charge in [-0.05, 0) is 13.3 Å². The highest BCUT2D eigenvalue weighted by molar-refractivity contribution is 5.91. The van der Waals surface area contributed by atoms with Crippen molar-refractivity contribution in [3.63, 3.8) is 0 Å². The lowest BCUT2D eigenvalue weighted by atomic mass is 9.98. The molecule has 4 N–H and O–H groups in total. The average molecular weight is 186 g/mol. The molecule has 2 amide bonds. The number of urea groups is 1. The summed E-state index contributed by atoms with van der Waals surface area (Å²) in [6.45, 7) is 3.61. The Morgan fingerprint density at radius 3 is 2.31 bits per heavy atom. The van der Waals surface area contributed by atoms with Crippen molar-refractivity contribution in [3.8, 4) is 0 Å². The fraction of sp³-hybridized carbons (Fsp3) is 0.750. The maximum atomic E-state index is 11.3. The Bertz CT molecular complexity index is 214. The van der Waals surface area contributed by atoms with Crippen LogP contribution in [-0.4, -0.2) is 36.4 Å². The number of carbonyl (C=O) groups is 1. The van der Waals surface area contributed by atoms with E-state index in [-0.39, 0.29) is 11.9 Å². The van der Waals surface area contributed by atoms with Crippen LogP contribution in [0.3, 0.4) is 0 Å². The van der Waals surface area contributed by atoms with Crippen LogP contribution >= 0.6 is 0 Å². The molecule has 0 aromatic rings. The number of hydrogen-bond donors (Lipinski definition) is 3. The number of carbonyl (C=O) groups excluding carboxylic acids is 1. The summed E-state index contributed by atoms with van der Waals surface area (Å²) < 4.78 is 0. The monoisotopic (exact) mass is 186 g/mol. The van der Waals surface area contributed by atoms with Crippen molar-refractivity contribution >= 4 is 11.9 Å². The Hall–Kier alpha value is -1.26. The summed E-state index contributed by atoms with van der Waals surface area (Å²) in [5.74, 6) is -0.0230. The molecule has 0 spiro atoms. The third-order valence-corrected chi connectivity index (χ3v) is 2.09. The molecule has 0 aliphatic heterocycles. The van der Waals surface area contributed by atoms with Crippen LogP contribution in [0.5, 0.6) is 0 Å². The Balaban J connectivity index is 4.45. The SMILES string of the molecule is CCC(C)(NC(=O)N(C)C)C(=N)N. The van der Waals surface area contributed by atoms with Crippen LogP contribution in [0.15, 0.2) is 0 Å². The molecule has 76 valence electrons. The third kappa shape index (κ3) is 2.93. The molecule has 0 bridgehead atoms. The van der Waals surface area contributed by atoms with E-state index in [1.807, 2.05) is 6.92 Å². The van der Waals surface area contributed by atoms with Gasteiger partial charge in [0.05, 0.1) is 5.54 Å². The van der Waals surface area contributed by atoms with Gasteiger partial charge in [-0.1, -0.05) is 6.92 Å². The van der Waals surface area contributed by atoms with Gasteiger partial charge in [-0.25, -0.2) is 4.79 Å². The van der Waals surface area contributed by atoms with Crippen molar-refractivity contribution in [2.24, 2.45) is 5.73 Å². The van der Waals surface area contributed by atoms with E-state index in [0.29, 0.717) is 6.42 Å². The van der Waals surface area contributed by atoms with Gasteiger partial charge in [0.1, 0.15) is 5.84 Å². The van der Waals surface area contributed by atoms with Crippen LogP contribution in [0.25, 0.3) is 0 Å². The van der Waals surface area contributed by atoms with Crippen molar-refractivity contribution in [2.75, 3.05) is 14.1 Å². The van der Waals surface area contributed by atoms with Gasteiger partial charge in [0.15, 0.2) is 0 Å². The number of hydrogen-bond acceptors (Lipinski definition) is 2. The molecule has 5 nitrogen and oxygen atoms in total. The molecule has 0 saturated carbocycles. The maximum absolute atomic E-state index is 11.3. The Kier molecular flexibility index (Phi) is 3.71. The molecule has 0 rings (SSSR count). The zero-order valence-corrected chi connectivity index (χ0v) is 8.64. The highest BCUT2D eigenvalue weighted by Gasteiger charge is 2.28. The summed E-state index contributed by atoms with van der Waals surface area (Å²) >= 11 is 0. The summed E-state index contributed by atoms with van der Waals surface area (Å²) in [5.41, 5.74) is 4.65. The van der Waals surface area contributed by atoms with Gasteiger partial charge >= 0.3 is 6.03 Å². The average Bonchev–Trinajstić information content (AvgIpc) is 2.03. The van der Waals surface area contributed by atoms with Crippen LogP contribution in [0, 0.1) is 5.41 Å². The Morgan fingerprint density at radius 1 is 1.62 bits per heavy atom. The number of amides is 2. The first-order valence-electron chi connectivity index (χ1n) is 4.17. The van der Waals surface area contributed by atoms with Crippen LogP contribution in [0.4, 0.5) is 4.79 Å². The van der Waals surface area contributed by atoms with Crippen LogP contribution in [0.2, 0.25) is 0 Å². The zero-order valence-electron chi connectivity index (χ0n) is 8.64. The predicted octanol–water partition coefficient (Wildman–Crippen LogP) is 0.362. The molecule has 0 aliphatic rings. The second-order valence-corrected chi connectivity index (χ2v) is 3.42. The molecular formula is C8H18N4O. The van der Waals surface area contributed by atoms with E-state index in [2.05, 4.69) is 5.32 Å². The van der Waals surface area contributed by atoms with Gasteiger partial charge in [0, 0.05) is 14.1 Å². The fourth-order valence-corrected chi connectivity index (χ4v) is 0.694. The highest BCUT2D eigenvalue weighted by Crippen LogP contribution is 2.08. The van der Waals surface area contributed by atoms with E-state index in [1.54, 1.807) is 21.0 Å². The van der Waals surface area contributed by atoms with Crippen LogP contribution in [0.1, 0.15) is 20.3 Å². The van der Waals surface area contributed by atoms with E-state index in [1.165, 1.54) is 4.90 Å². The molecule has 5 heteroatoms. The summed E-state index contributed by atoms with van der Waals surface area (Å²) in [5, 5.41) is 10.0. The van der Waals surface area contributed by atoms with Gasteiger partial charge in [0.2, 0.25) is 0 Å². The van der Waals surface area contributed by atoms with E-state index in [4.69, 9.17) is 11.1 Å². The van der Waals surface area contributed by atoms with Gasteiger partial charge in [-0.3, -0.25) is 5.41 Å². The first kappa shape index (κ1) is 11.7. The fourth-order valence-electron chi connectivity index (χ4n) is 0.694. The Labute approximate surface area is 78.8 Å². The largest absolute Gasteiger partial charge is 0.386 e. The number of rotatable bonds is 3. The smallest absolute Gasteiger partial charge is 0.317 e. The Morgan fingerprint density at radius 2 is 2.08 bits per heavy atom. The van der Waals surface area contributed by atoms with Crippen LogP contribution < -0.4 is 11.1 Å². The third-order valence-electron chi connectivity index (χ3n) is 2.09. The number of amidine groups is 1. The lowest BCUT2D eigenvalue weighted by Gasteiger charge is -2.29. The van der Waals surface area contributed by atoms with Gasteiger partial charge in [-0.15, -0.1) is 0 Å². The molecule has 1 atom stereocenters. The van der Waals surface area contributed by atoms with Crippen molar-refractivity contribution in [3.05, 3.63) is 0 Å². The minimum absolute atomic E-state index is 0.0230. The summed E-state index contributed by atoms with van der Waals surface area (Å²) in [4.78, 5) is 12.7. The van der Waals surface area contributed by atoms with E-state index >= 15 is 0 Å². The zero-order chi connectivity index (χ0) is 10.6. The minimum atomic E-state index is -0.735. The molecule has 13 heavy (non-hydrogen) atoms. The molecule has 0 aromatic heterocycles. The normalized spacial score (nSPS) is 14.5. The van der Waals surface area contributed by atoms with E-state index < -0.39 is 5.54 Å². The van der Waals surface area contributed by atoms with Gasteiger partial charge in [-0.2, -0.15) is 0 Å². The maximum Gasteiger partial charge on any atom is 0.317 e. The van der Waals surface area contributed by atoms with Crippen molar-refractivity contribution in [1.29, 1.82) is 5.41 Å². The molecule has 0 aromatic carbocycles. The predicted molar refractivity (Wildman–Crippen MR) is 52.8 cm³/mol. The first-order chi connectivity index (χ1) is 5.83. The summed E-state index contributed by atoms with van der Waals surface area (Å²) in [6.07, 6.45) is 0.599. The first-order valence-corrected chi connectivity index (χ1v) is 4.17. The molecule has 0 radical (unpaired) electrons. The summed E-state index contributed by atoms with van der Waals surface area (Å²) in [7, 11) is 3.29. The molecule has 0 heterocycles. The van der Waals surface area contributed by atoms with Crippen molar-refractivity contribution in [2.45, 2.75) is 25.8 Å². The number of nitrogens with one attached hydrogen (secondary N) is 2. The number of nitrogens with zero attached hydrogens (tertiary/aromatic N) is 1. The quantitative estimate of drug-likeness (QED) is 0.439. The van der Waals surface area contributed by atoms with Crippen molar-refractivity contribution < 1.29 is 4.79 Å². The van der Waals surface area contributed by atoms with Crippen LogP contribution in [-0.2, 0) is 0 Å². The molecule has 1 unspecified atom stereocenters. The minimum Gasteiger partial charge on any atom is -0.386 e. The highest BCUT2D eigenvalue weighted by atomic mass is 16.2. The van der Waals surface area contributed by atoms with Crippen molar-refractivity contribution in [1.82, 2.24) is 10.2 Å². The van der Waals surface area contributed by atoms with E-state index in [0.717, 1.165) is 0 Å². The van der Waals surface area contributed by atoms with Gasteiger partial charge < -0.3 is 16.0 Å². The lowest BCUT2D eigenvalue weighted by molar-refractivity contribution is 0.209. The van der Waals surface area contributed by atoms with E-state index in [9.17, 15) is 4.79 Å². The molecule has 0 saturated heterocycles.